The third kappa shape index (κ3) is 116. The van der Waals surface area contributed by atoms with Gasteiger partial charge in [0.05, 0.1) is 0 Å². The second-order valence-corrected chi connectivity index (χ2v) is 10.2. The summed E-state index contributed by atoms with van der Waals surface area (Å²) in [4.78, 5) is 0. The van der Waals surface area contributed by atoms with Crippen LogP contribution in [-0.4, -0.2) is 57.3 Å². The topological polar surface area (TPSA) is 189 Å². The van der Waals surface area contributed by atoms with E-state index in [1.807, 2.05) is 0 Å². The molecule has 0 atom stereocenters. The van der Waals surface area contributed by atoms with Gasteiger partial charge in [-0.25, -0.2) is 0 Å². The minimum atomic E-state index is 0. The Hall–Kier alpha value is 1.38. The maximum Gasteiger partial charge on any atom is -0.412 e. The van der Waals surface area contributed by atoms with Gasteiger partial charge in [-0.3, -0.25) is 0 Å². The van der Waals surface area contributed by atoms with E-state index < -0.39 is 0 Å². The molecule has 0 fully saturated rings. The van der Waals surface area contributed by atoms with Crippen LogP contribution in [-0.2, 0) is 0 Å². The van der Waals surface area contributed by atoms with Crippen molar-refractivity contribution in [2.24, 2.45) is 0 Å². The molecule has 0 aromatic carbocycles. The maximum atomic E-state index is 5.14. The van der Waals surface area contributed by atoms with E-state index in [9.17, 15) is 0 Å². The summed E-state index contributed by atoms with van der Waals surface area (Å²) in [5.74, 6) is 0. The molecular weight excluding hydrogens is 325 g/mol. The van der Waals surface area contributed by atoms with Crippen LogP contribution in [0, 0.1) is 0 Å². The Kier molecular flexibility index (Phi) is 511. The van der Waals surface area contributed by atoms with E-state index in [1.165, 1.54) is 0 Å². The molecule has 0 aliphatic rings. The molecule has 0 amide bonds. The van der Waals surface area contributed by atoms with E-state index in [-0.39, 0.29) is 57.3 Å². The van der Waals surface area contributed by atoms with Gasteiger partial charge < -0.3 is 32.9 Å². The van der Waals surface area contributed by atoms with Gasteiger partial charge in [-0.15, -0.1) is 0 Å². The molecule has 0 bridgehead atoms. The van der Waals surface area contributed by atoms with Crippen molar-refractivity contribution in [3.8, 4) is 0 Å². The molecule has 0 spiro atoms. The van der Waals surface area contributed by atoms with Crippen molar-refractivity contribution in [3.63, 3.8) is 0 Å². The number of hydrogen-bond acceptors (Lipinski definition) is 0. The van der Waals surface area contributed by atoms with Gasteiger partial charge in [0, 0.05) is 0 Å². The Bertz CT molecular complexity index is 15.7. The molecule has 6 nitrogen and oxygen atoms in total. The molecule has 74 valence electrons. The molecule has 12 N–H and O–H groups in total. The number of hydrogen-bond donors (Lipinski definition) is 0. The summed E-state index contributed by atoms with van der Waals surface area (Å²) in [5, 5.41) is 0. The Labute approximate surface area is 77.4 Å². The van der Waals surface area contributed by atoms with Crippen LogP contribution in [0.4, 0.5) is 0 Å². The molecule has 10 heteroatoms. The van der Waals surface area contributed by atoms with E-state index in [1.54, 1.807) is 0 Å². The fourth-order valence-corrected chi connectivity index (χ4v) is 0. The Morgan fingerprint density at radius 1 is 0.500 bits per heavy atom. The fraction of sp³-hybridized carbons (Fsp3) is 0. The molecule has 10 heavy (non-hydrogen) atoms. The summed E-state index contributed by atoms with van der Waals surface area (Å²) < 4.78 is 0. The van der Waals surface area contributed by atoms with Crippen molar-refractivity contribution in [1.82, 2.24) is 0 Å². The third-order valence-electron chi connectivity index (χ3n) is 0.0238. The quantitative estimate of drug-likeness (QED) is 0.419. The van der Waals surface area contributed by atoms with Crippen LogP contribution in [0.15, 0.2) is 0 Å². The second-order valence-electron chi connectivity index (χ2n) is 0.126. The predicted octanol–water partition coefficient (Wildman–Crippen LogP) is -4.33. The standard InChI is InChI=1S/Cl2Se2.6H2O/c1-3-4-2;;;;;;/h;6*1H2. The van der Waals surface area contributed by atoms with Crippen LogP contribution in [0.2, 0.25) is 0 Å². The molecular formula is H12Cl2O6Se2. The van der Waals surface area contributed by atoms with Crippen molar-refractivity contribution in [1.29, 1.82) is 0 Å². The largest absolute Gasteiger partial charge is 0.412 e. The van der Waals surface area contributed by atoms with Gasteiger partial charge in [0.2, 0.25) is 0 Å². The molecule has 0 heterocycles. The molecule has 0 aliphatic carbocycles. The summed E-state index contributed by atoms with van der Waals surface area (Å²) in [5.41, 5.74) is 0. The Balaban J connectivity index is -0.00000000300. The first-order valence-electron chi connectivity index (χ1n) is 0.475. The smallest absolute Gasteiger partial charge is 0.412 e. The number of halogens is 2. The number of rotatable bonds is 1. The molecule has 0 unspecified atom stereocenters. The van der Waals surface area contributed by atoms with Crippen LogP contribution in [0.5, 0.6) is 0 Å². The first-order valence-corrected chi connectivity index (χ1v) is 9.31. The second kappa shape index (κ2) is 80.0. The van der Waals surface area contributed by atoms with Gasteiger partial charge in [0.25, 0.3) is 0 Å². The van der Waals surface area contributed by atoms with Gasteiger partial charge in [0.1, 0.15) is 0 Å². The Morgan fingerprint density at radius 3 is 0.600 bits per heavy atom. The van der Waals surface area contributed by atoms with Gasteiger partial charge in [-0.05, 0) is 0 Å². The van der Waals surface area contributed by atoms with Crippen molar-refractivity contribution in [2.45, 2.75) is 0 Å². The van der Waals surface area contributed by atoms with Crippen molar-refractivity contribution < 1.29 is 32.9 Å². The van der Waals surface area contributed by atoms with Crippen molar-refractivity contribution in [3.05, 3.63) is 0 Å². The van der Waals surface area contributed by atoms with Crippen LogP contribution in [0.3, 0.4) is 0 Å². The summed E-state index contributed by atoms with van der Waals surface area (Å²) in [6.07, 6.45) is 0. The Morgan fingerprint density at radius 2 is 0.600 bits per heavy atom. The SMILES string of the molecule is Cl[Se][Se]Cl.O.O.O.O.O.O. The average molecular weight is 337 g/mol. The monoisotopic (exact) mass is 338 g/mol. The van der Waals surface area contributed by atoms with E-state index in [2.05, 4.69) is 0 Å². The van der Waals surface area contributed by atoms with E-state index in [0.717, 1.165) is 0 Å². The van der Waals surface area contributed by atoms with E-state index >= 15 is 0 Å². The normalized spacial score (nSPS) is 3.00. The fourth-order valence-electron chi connectivity index (χ4n) is 0. The van der Waals surface area contributed by atoms with Crippen molar-refractivity contribution in [2.75, 3.05) is 0 Å². The first kappa shape index (κ1) is 63.9. The van der Waals surface area contributed by atoms with Gasteiger partial charge >= 0.3 is 44.6 Å². The molecule has 0 saturated carbocycles. The van der Waals surface area contributed by atoms with Crippen LogP contribution in [0.1, 0.15) is 0 Å². The van der Waals surface area contributed by atoms with Gasteiger partial charge in [-0.2, -0.15) is 0 Å². The van der Waals surface area contributed by atoms with Crippen LogP contribution >= 0.6 is 20.2 Å². The molecule has 0 radical (unpaired) electrons. The first-order chi connectivity index (χ1) is 1.91. The molecule has 0 rings (SSSR count). The van der Waals surface area contributed by atoms with Crippen molar-refractivity contribution >= 4 is 44.6 Å². The molecule has 0 aliphatic heterocycles. The molecule has 0 aromatic heterocycles. The predicted molar refractivity (Wildman–Crippen MR) is 44.9 cm³/mol. The zero-order valence-corrected chi connectivity index (χ0v) is 9.51. The molecule has 0 saturated heterocycles. The average Bonchev–Trinajstić information content (AvgIpc) is 1.37. The van der Waals surface area contributed by atoms with E-state index in [0.29, 0.717) is 0 Å². The summed E-state index contributed by atoms with van der Waals surface area (Å²) >= 11 is 0.434. The zero-order chi connectivity index (χ0) is 3.41. The van der Waals surface area contributed by atoms with E-state index in [4.69, 9.17) is 20.2 Å². The summed E-state index contributed by atoms with van der Waals surface area (Å²) in [6, 6.07) is 0. The molecule has 0 aromatic rings. The third-order valence-corrected chi connectivity index (χ3v) is 5.79. The maximum absolute atomic E-state index is 5.14. The zero-order valence-electron chi connectivity index (χ0n) is 4.57. The minimum absolute atomic E-state index is 0. The van der Waals surface area contributed by atoms with Gasteiger partial charge in [-0.1, -0.05) is 0 Å². The van der Waals surface area contributed by atoms with Gasteiger partial charge in [0.15, 0.2) is 0 Å². The minimum Gasteiger partial charge on any atom is -0.412 e. The van der Waals surface area contributed by atoms with Crippen LogP contribution < -0.4 is 0 Å². The summed E-state index contributed by atoms with van der Waals surface area (Å²) in [6.45, 7) is 0. The van der Waals surface area contributed by atoms with Crippen LogP contribution in [0.25, 0.3) is 0 Å². The summed E-state index contributed by atoms with van der Waals surface area (Å²) in [7, 11) is 10.3.